The highest BCUT2D eigenvalue weighted by Crippen LogP contribution is 2.25. The molecule has 2 N–H and O–H groups in total. The smallest absolute Gasteiger partial charge is 0.0447 e. The van der Waals surface area contributed by atoms with Gasteiger partial charge in [-0.2, -0.15) is 0 Å². The molecule has 2 rings (SSSR count). The molecule has 0 spiro atoms. The van der Waals surface area contributed by atoms with Crippen molar-refractivity contribution in [1.82, 2.24) is 4.90 Å². The molecule has 0 aromatic carbocycles. The van der Waals surface area contributed by atoms with Gasteiger partial charge in [-0.3, -0.25) is 0 Å². The fraction of sp³-hybridized carbons (Fsp3) is 0.533. The number of likely N-dealkylation sites (tertiary alicyclic amines) is 1. The van der Waals surface area contributed by atoms with Gasteiger partial charge in [0.25, 0.3) is 0 Å². The zero-order valence-corrected chi connectivity index (χ0v) is 10.9. The third-order valence-electron chi connectivity index (χ3n) is 3.77. The lowest BCUT2D eigenvalue weighted by Gasteiger charge is -2.38. The van der Waals surface area contributed by atoms with Crippen molar-refractivity contribution in [2.24, 2.45) is 11.7 Å². The Morgan fingerprint density at radius 3 is 2.76 bits per heavy atom. The Morgan fingerprint density at radius 2 is 2.12 bits per heavy atom. The average molecular weight is 230 g/mol. The zero-order valence-electron chi connectivity index (χ0n) is 10.9. The van der Waals surface area contributed by atoms with Crippen LogP contribution in [0.3, 0.4) is 0 Å². The SMILES string of the molecule is C=C1C=C(N2CCC(C)(N)CC2)C=C=CC1C. The average Bonchev–Trinajstić information content (AvgIpc) is 2.42. The molecule has 0 amide bonds. The molecule has 0 aromatic rings. The Bertz CT molecular complexity index is 399. The molecule has 2 nitrogen and oxygen atoms in total. The summed E-state index contributed by atoms with van der Waals surface area (Å²) in [5.41, 5.74) is 11.8. The molecule has 1 aliphatic heterocycles. The van der Waals surface area contributed by atoms with Crippen molar-refractivity contribution in [1.29, 1.82) is 0 Å². The molecule has 1 unspecified atom stereocenters. The summed E-state index contributed by atoms with van der Waals surface area (Å²) in [7, 11) is 0. The van der Waals surface area contributed by atoms with Crippen LogP contribution in [0, 0.1) is 5.92 Å². The predicted molar refractivity (Wildman–Crippen MR) is 72.4 cm³/mol. The summed E-state index contributed by atoms with van der Waals surface area (Å²) in [5, 5.41) is 0. The molecule has 92 valence electrons. The van der Waals surface area contributed by atoms with Gasteiger partial charge in [-0.1, -0.05) is 13.5 Å². The van der Waals surface area contributed by atoms with Gasteiger partial charge in [0.05, 0.1) is 0 Å². The maximum Gasteiger partial charge on any atom is 0.0447 e. The van der Waals surface area contributed by atoms with E-state index in [2.05, 4.69) is 49.3 Å². The summed E-state index contributed by atoms with van der Waals surface area (Å²) in [6.45, 7) is 10.5. The number of nitrogens with zero attached hydrogens (tertiary/aromatic N) is 1. The first-order valence-corrected chi connectivity index (χ1v) is 6.35. The predicted octanol–water partition coefficient (Wildman–Crippen LogP) is 2.60. The van der Waals surface area contributed by atoms with E-state index in [1.807, 2.05) is 0 Å². The minimum atomic E-state index is 0.00560. The Kier molecular flexibility index (Phi) is 3.28. The van der Waals surface area contributed by atoms with E-state index in [-0.39, 0.29) is 5.54 Å². The second-order valence-electron chi connectivity index (χ2n) is 5.55. The van der Waals surface area contributed by atoms with Crippen molar-refractivity contribution in [3.05, 3.63) is 41.8 Å². The van der Waals surface area contributed by atoms with Crippen LogP contribution in [-0.2, 0) is 0 Å². The standard InChI is InChI=1S/C15H22N2/c1-12-5-4-6-14(11-13(12)2)17-9-7-15(3,16)8-10-17/h5-6,11-12H,2,7-10,16H2,1,3H3. The number of allylic oxidation sites excluding steroid dienone is 3. The molecule has 1 heterocycles. The van der Waals surface area contributed by atoms with E-state index in [1.54, 1.807) is 0 Å². The van der Waals surface area contributed by atoms with Gasteiger partial charge in [0.15, 0.2) is 0 Å². The minimum Gasteiger partial charge on any atom is -0.371 e. The molecule has 1 saturated heterocycles. The quantitative estimate of drug-likeness (QED) is 0.702. The van der Waals surface area contributed by atoms with Crippen LogP contribution in [0.4, 0.5) is 0 Å². The lowest BCUT2D eigenvalue weighted by Crippen LogP contribution is -2.47. The number of nitrogens with two attached hydrogens (primary N) is 1. The van der Waals surface area contributed by atoms with Crippen molar-refractivity contribution in [2.45, 2.75) is 32.2 Å². The van der Waals surface area contributed by atoms with E-state index < -0.39 is 0 Å². The fourth-order valence-corrected chi connectivity index (χ4v) is 2.21. The van der Waals surface area contributed by atoms with Crippen molar-refractivity contribution in [3.8, 4) is 0 Å². The monoisotopic (exact) mass is 230 g/mol. The van der Waals surface area contributed by atoms with Crippen molar-refractivity contribution < 1.29 is 0 Å². The first-order valence-electron chi connectivity index (χ1n) is 6.35. The molecule has 0 bridgehead atoms. The van der Waals surface area contributed by atoms with E-state index in [1.165, 1.54) is 5.70 Å². The van der Waals surface area contributed by atoms with Crippen molar-refractivity contribution in [2.75, 3.05) is 13.1 Å². The zero-order chi connectivity index (χ0) is 12.5. The van der Waals surface area contributed by atoms with E-state index in [9.17, 15) is 0 Å². The molecule has 1 atom stereocenters. The second-order valence-corrected chi connectivity index (χ2v) is 5.55. The van der Waals surface area contributed by atoms with Gasteiger partial charge in [-0.15, -0.1) is 5.73 Å². The first-order chi connectivity index (χ1) is 7.98. The van der Waals surface area contributed by atoms with Crippen LogP contribution in [0.5, 0.6) is 0 Å². The first kappa shape index (κ1) is 12.2. The minimum absolute atomic E-state index is 0.00560. The highest BCUT2D eigenvalue weighted by atomic mass is 15.1. The van der Waals surface area contributed by atoms with Gasteiger partial charge in [-0.25, -0.2) is 0 Å². The maximum absolute atomic E-state index is 6.15. The van der Waals surface area contributed by atoms with Crippen LogP contribution in [0.1, 0.15) is 26.7 Å². The maximum atomic E-state index is 6.15. The molecule has 0 radical (unpaired) electrons. The lowest BCUT2D eigenvalue weighted by atomic mass is 9.90. The van der Waals surface area contributed by atoms with Crippen LogP contribution in [0.15, 0.2) is 41.8 Å². The normalized spacial score (nSPS) is 27.9. The van der Waals surface area contributed by atoms with E-state index in [0.29, 0.717) is 5.92 Å². The van der Waals surface area contributed by atoms with Gasteiger partial charge in [0, 0.05) is 36.3 Å². The van der Waals surface area contributed by atoms with Crippen molar-refractivity contribution >= 4 is 0 Å². The van der Waals surface area contributed by atoms with Crippen molar-refractivity contribution in [3.63, 3.8) is 0 Å². The summed E-state index contributed by atoms with van der Waals surface area (Å²) >= 11 is 0. The Balaban J connectivity index is 2.11. The Morgan fingerprint density at radius 1 is 1.47 bits per heavy atom. The van der Waals surface area contributed by atoms with Crippen LogP contribution in [0.25, 0.3) is 0 Å². The summed E-state index contributed by atoms with van der Waals surface area (Å²) < 4.78 is 0. The molecule has 17 heavy (non-hydrogen) atoms. The second kappa shape index (κ2) is 4.56. The van der Waals surface area contributed by atoms with E-state index in [0.717, 1.165) is 31.5 Å². The van der Waals surface area contributed by atoms with Crippen LogP contribution >= 0.6 is 0 Å². The molecular formula is C15H22N2. The van der Waals surface area contributed by atoms with Gasteiger partial charge in [-0.05, 0) is 37.5 Å². The molecule has 2 aliphatic rings. The Labute approximate surface area is 104 Å². The topological polar surface area (TPSA) is 29.3 Å². The van der Waals surface area contributed by atoms with Gasteiger partial charge in [0.2, 0.25) is 0 Å². The summed E-state index contributed by atoms with van der Waals surface area (Å²) in [4.78, 5) is 2.39. The molecule has 1 aliphatic carbocycles. The number of piperidine rings is 1. The third kappa shape index (κ3) is 2.91. The largest absolute Gasteiger partial charge is 0.371 e. The number of hydrogen-bond acceptors (Lipinski definition) is 2. The summed E-state index contributed by atoms with van der Waals surface area (Å²) in [6.07, 6.45) is 8.41. The molecule has 0 saturated carbocycles. The number of hydrogen-bond donors (Lipinski definition) is 1. The van der Waals surface area contributed by atoms with E-state index in [4.69, 9.17) is 5.73 Å². The highest BCUT2D eigenvalue weighted by Gasteiger charge is 2.26. The van der Waals surface area contributed by atoms with Crippen LogP contribution in [-0.4, -0.2) is 23.5 Å². The molecule has 0 aromatic heterocycles. The molecule has 2 heteroatoms. The van der Waals surface area contributed by atoms with Gasteiger partial charge >= 0.3 is 0 Å². The fourth-order valence-electron chi connectivity index (χ4n) is 2.21. The number of rotatable bonds is 1. The summed E-state index contributed by atoms with van der Waals surface area (Å²) in [5.74, 6) is 0.383. The van der Waals surface area contributed by atoms with Crippen LogP contribution in [0.2, 0.25) is 0 Å². The third-order valence-corrected chi connectivity index (χ3v) is 3.77. The Hall–Kier alpha value is -1.24. The van der Waals surface area contributed by atoms with Gasteiger partial charge < -0.3 is 10.6 Å². The highest BCUT2D eigenvalue weighted by molar-refractivity contribution is 5.33. The summed E-state index contributed by atoms with van der Waals surface area (Å²) in [6, 6.07) is 0. The lowest BCUT2D eigenvalue weighted by molar-refractivity contribution is 0.214. The van der Waals surface area contributed by atoms with E-state index >= 15 is 0 Å². The van der Waals surface area contributed by atoms with Gasteiger partial charge in [0.1, 0.15) is 0 Å². The van der Waals surface area contributed by atoms with Crippen LogP contribution < -0.4 is 5.73 Å². The molecular weight excluding hydrogens is 208 g/mol. The molecule has 1 fully saturated rings.